The van der Waals surface area contributed by atoms with E-state index in [0.29, 0.717) is 19.4 Å². The Bertz CT molecular complexity index is 1510. The molecule has 34 heavy (non-hydrogen) atoms. The molecule has 0 atom stereocenters. The Labute approximate surface area is 198 Å². The fourth-order valence-electron chi connectivity index (χ4n) is 4.74. The van der Waals surface area contributed by atoms with E-state index in [1.54, 1.807) is 0 Å². The van der Waals surface area contributed by atoms with Crippen LogP contribution in [0.5, 0.6) is 5.75 Å². The molecule has 5 aromatic rings. The molecule has 0 spiro atoms. The molecule has 0 bridgehead atoms. The second-order valence-corrected chi connectivity index (χ2v) is 8.69. The summed E-state index contributed by atoms with van der Waals surface area (Å²) in [5.41, 5.74) is 6.53. The highest BCUT2D eigenvalue weighted by Gasteiger charge is 2.19. The van der Waals surface area contributed by atoms with E-state index >= 15 is 0 Å². The fourth-order valence-corrected chi connectivity index (χ4v) is 4.74. The summed E-state index contributed by atoms with van der Waals surface area (Å²) in [5, 5.41) is 13.1. The van der Waals surface area contributed by atoms with Gasteiger partial charge in [-0.1, -0.05) is 72.8 Å². The van der Waals surface area contributed by atoms with E-state index in [1.165, 1.54) is 11.1 Å². The van der Waals surface area contributed by atoms with Crippen LogP contribution >= 0.6 is 0 Å². The van der Waals surface area contributed by atoms with Gasteiger partial charge in [-0.2, -0.15) is 0 Å². The highest BCUT2D eigenvalue weighted by Crippen LogP contribution is 2.35. The van der Waals surface area contributed by atoms with Crippen LogP contribution in [-0.4, -0.2) is 22.7 Å². The molecule has 1 aromatic heterocycles. The summed E-state index contributed by atoms with van der Waals surface area (Å²) >= 11 is 0. The molecule has 0 aliphatic rings. The van der Waals surface area contributed by atoms with Gasteiger partial charge in [-0.3, -0.25) is 0 Å². The quantitative estimate of drug-likeness (QED) is 0.256. The zero-order chi connectivity index (χ0) is 23.7. The van der Waals surface area contributed by atoms with Crippen molar-refractivity contribution in [3.63, 3.8) is 0 Å². The number of hydrogen-bond acceptors (Lipinski definition) is 2. The molecule has 2 N–H and O–H groups in total. The average molecular weight is 450 g/mol. The maximum absolute atomic E-state index is 12.1. The third-order valence-corrected chi connectivity index (χ3v) is 6.63. The highest BCUT2D eigenvalue weighted by molar-refractivity contribution is 6.03. The third kappa shape index (κ3) is 3.92. The standard InChI is InChI=1S/C30H27NO3/c1-19-9-5-13-22(20(19)2)24-14-7-15-25-26(29(30(32)33)31-28(24)25)16-8-18-34-27-17-6-11-21-10-3-4-12-23(21)27/h3-7,9-15,17,31H,8,16,18H2,1-2H3,(H,32,33). The van der Waals surface area contributed by atoms with Crippen molar-refractivity contribution in [3.05, 3.63) is 101 Å². The smallest absolute Gasteiger partial charge is 0.352 e. The van der Waals surface area contributed by atoms with Crippen LogP contribution in [0.3, 0.4) is 0 Å². The van der Waals surface area contributed by atoms with Gasteiger partial charge >= 0.3 is 5.97 Å². The van der Waals surface area contributed by atoms with E-state index < -0.39 is 5.97 Å². The van der Waals surface area contributed by atoms with Crippen LogP contribution in [0.4, 0.5) is 0 Å². The summed E-state index contributed by atoms with van der Waals surface area (Å²) in [5.74, 6) is -0.0826. The zero-order valence-electron chi connectivity index (χ0n) is 19.4. The SMILES string of the molecule is Cc1cccc(-c2cccc3c(CCCOc4cccc5ccccc45)c(C(=O)O)[nH]c23)c1C. The van der Waals surface area contributed by atoms with Crippen LogP contribution in [-0.2, 0) is 6.42 Å². The second kappa shape index (κ2) is 9.06. The number of aromatic amines is 1. The molecule has 5 rings (SSSR count). The van der Waals surface area contributed by atoms with Gasteiger partial charge in [0.2, 0.25) is 0 Å². The Balaban J connectivity index is 1.43. The minimum atomic E-state index is -0.937. The van der Waals surface area contributed by atoms with Crippen LogP contribution in [0.25, 0.3) is 32.8 Å². The van der Waals surface area contributed by atoms with Crippen LogP contribution < -0.4 is 4.74 Å². The first-order valence-electron chi connectivity index (χ1n) is 11.6. The normalized spacial score (nSPS) is 11.2. The molecule has 0 aliphatic heterocycles. The summed E-state index contributed by atoms with van der Waals surface area (Å²) in [7, 11) is 0. The number of para-hydroxylation sites is 1. The summed E-state index contributed by atoms with van der Waals surface area (Å²) < 4.78 is 6.09. The predicted octanol–water partition coefficient (Wildman–Crippen LogP) is 7.31. The maximum Gasteiger partial charge on any atom is 0.352 e. The van der Waals surface area contributed by atoms with Crippen LogP contribution in [0.15, 0.2) is 78.9 Å². The zero-order valence-corrected chi connectivity index (χ0v) is 19.4. The molecule has 0 aliphatic carbocycles. The molecule has 4 aromatic carbocycles. The van der Waals surface area contributed by atoms with Gasteiger partial charge in [-0.05, 0) is 60.4 Å². The predicted molar refractivity (Wildman–Crippen MR) is 138 cm³/mol. The molecule has 0 amide bonds. The highest BCUT2D eigenvalue weighted by atomic mass is 16.5. The second-order valence-electron chi connectivity index (χ2n) is 8.69. The Morgan fingerprint density at radius 1 is 0.853 bits per heavy atom. The third-order valence-electron chi connectivity index (χ3n) is 6.63. The number of fused-ring (bicyclic) bond motifs is 2. The summed E-state index contributed by atoms with van der Waals surface area (Å²) in [6, 6.07) is 26.5. The van der Waals surface area contributed by atoms with Crippen LogP contribution in [0.2, 0.25) is 0 Å². The molecule has 0 saturated heterocycles. The Morgan fingerprint density at radius 2 is 1.56 bits per heavy atom. The Kier molecular flexibility index (Phi) is 5.81. The number of rotatable bonds is 7. The van der Waals surface area contributed by atoms with Gasteiger partial charge in [0.1, 0.15) is 11.4 Å². The summed E-state index contributed by atoms with van der Waals surface area (Å²) in [6.07, 6.45) is 1.33. The molecule has 0 fully saturated rings. The van der Waals surface area contributed by atoms with Gasteiger partial charge in [-0.15, -0.1) is 0 Å². The van der Waals surface area contributed by atoms with E-state index in [4.69, 9.17) is 4.74 Å². The lowest BCUT2D eigenvalue weighted by Crippen LogP contribution is -2.04. The lowest BCUT2D eigenvalue weighted by atomic mass is 9.95. The van der Waals surface area contributed by atoms with Crippen molar-refractivity contribution >= 4 is 27.6 Å². The molecule has 1 heterocycles. The number of carboxylic acid groups (broad SMARTS) is 1. The number of aryl methyl sites for hydroxylation is 2. The number of ether oxygens (including phenoxy) is 1. The van der Waals surface area contributed by atoms with Gasteiger partial charge in [-0.25, -0.2) is 4.79 Å². The van der Waals surface area contributed by atoms with E-state index in [0.717, 1.165) is 44.1 Å². The maximum atomic E-state index is 12.1. The lowest BCUT2D eigenvalue weighted by Gasteiger charge is -2.10. The van der Waals surface area contributed by atoms with Crippen molar-refractivity contribution in [3.8, 4) is 16.9 Å². The lowest BCUT2D eigenvalue weighted by molar-refractivity contribution is 0.0690. The number of hydrogen-bond donors (Lipinski definition) is 2. The Hall–Kier alpha value is -4.05. The van der Waals surface area contributed by atoms with Gasteiger partial charge in [0, 0.05) is 16.3 Å². The molecule has 170 valence electrons. The number of aromatic carboxylic acids is 1. The molecule has 0 unspecified atom stereocenters. The molecule has 0 saturated carbocycles. The van der Waals surface area contributed by atoms with Crippen molar-refractivity contribution in [2.75, 3.05) is 6.61 Å². The minimum absolute atomic E-state index is 0.262. The topological polar surface area (TPSA) is 62.3 Å². The van der Waals surface area contributed by atoms with Crippen molar-refractivity contribution in [2.45, 2.75) is 26.7 Å². The van der Waals surface area contributed by atoms with Gasteiger partial charge < -0.3 is 14.8 Å². The molecule has 0 radical (unpaired) electrons. The Morgan fingerprint density at radius 3 is 2.41 bits per heavy atom. The van der Waals surface area contributed by atoms with Crippen LogP contribution in [0, 0.1) is 13.8 Å². The van der Waals surface area contributed by atoms with E-state index in [2.05, 4.69) is 55.2 Å². The number of carboxylic acids is 1. The fraction of sp³-hybridized carbons (Fsp3) is 0.167. The summed E-state index contributed by atoms with van der Waals surface area (Å²) in [6.45, 7) is 4.71. The monoisotopic (exact) mass is 449 g/mol. The van der Waals surface area contributed by atoms with E-state index in [-0.39, 0.29) is 5.69 Å². The number of carbonyl (C=O) groups is 1. The molecule has 4 heteroatoms. The van der Waals surface area contributed by atoms with Gasteiger partial charge in [0.25, 0.3) is 0 Å². The van der Waals surface area contributed by atoms with Crippen LogP contribution in [0.1, 0.15) is 33.6 Å². The molecular formula is C30H27NO3. The number of H-pyrrole nitrogens is 1. The van der Waals surface area contributed by atoms with E-state index in [1.807, 2.05) is 42.5 Å². The van der Waals surface area contributed by atoms with Crippen molar-refractivity contribution in [1.82, 2.24) is 4.98 Å². The number of benzene rings is 4. The van der Waals surface area contributed by atoms with Crippen molar-refractivity contribution in [2.24, 2.45) is 0 Å². The number of nitrogens with one attached hydrogen (secondary N) is 1. The molecular weight excluding hydrogens is 422 g/mol. The van der Waals surface area contributed by atoms with Crippen molar-refractivity contribution in [1.29, 1.82) is 0 Å². The molecule has 4 nitrogen and oxygen atoms in total. The summed E-state index contributed by atoms with van der Waals surface area (Å²) in [4.78, 5) is 15.3. The first-order chi connectivity index (χ1) is 16.5. The van der Waals surface area contributed by atoms with Gasteiger partial charge in [0.15, 0.2) is 0 Å². The van der Waals surface area contributed by atoms with Gasteiger partial charge in [0.05, 0.1) is 12.1 Å². The first-order valence-corrected chi connectivity index (χ1v) is 11.6. The van der Waals surface area contributed by atoms with Crippen molar-refractivity contribution < 1.29 is 14.6 Å². The minimum Gasteiger partial charge on any atom is -0.493 e. The largest absolute Gasteiger partial charge is 0.493 e. The number of aromatic nitrogens is 1. The average Bonchev–Trinajstić information content (AvgIpc) is 3.23. The van der Waals surface area contributed by atoms with E-state index in [9.17, 15) is 9.90 Å². The first kappa shape index (κ1) is 21.8.